The molecule has 1 amide bonds. The molecule has 26 heavy (non-hydrogen) atoms. The second-order valence-corrected chi connectivity index (χ2v) is 5.26. The van der Waals surface area contributed by atoms with E-state index in [4.69, 9.17) is 0 Å². The highest BCUT2D eigenvalue weighted by molar-refractivity contribution is 6.05. The molecule has 3 N–H and O–H groups in total. The van der Waals surface area contributed by atoms with Crippen LogP contribution in [0.5, 0.6) is 0 Å². The van der Waals surface area contributed by atoms with E-state index in [0.29, 0.717) is 6.54 Å². The molecule has 3 aromatic rings. The Kier molecular flexibility index (Phi) is 4.83. The topological polar surface area (TPSA) is 95.6 Å². The number of H-pyrrole nitrogens is 1. The highest BCUT2D eigenvalue weighted by Crippen LogP contribution is 2.29. The average molecular weight is 362 g/mol. The van der Waals surface area contributed by atoms with Gasteiger partial charge in [-0.15, -0.1) is 10.2 Å². The van der Waals surface area contributed by atoms with Gasteiger partial charge in [0.2, 0.25) is 0 Å². The van der Waals surface area contributed by atoms with Crippen LogP contribution in [-0.2, 0) is 12.7 Å². The number of hydrogen-bond acceptors (Lipinski definition) is 5. The molecule has 0 atom stereocenters. The minimum absolute atomic E-state index is 0.000968. The Hall–Kier alpha value is -3.43. The van der Waals surface area contributed by atoms with E-state index in [1.165, 1.54) is 12.1 Å². The third kappa shape index (κ3) is 4.15. The Morgan fingerprint density at radius 2 is 1.73 bits per heavy atom. The molecule has 134 valence electrons. The number of benzene rings is 1. The van der Waals surface area contributed by atoms with Gasteiger partial charge in [-0.2, -0.15) is 18.4 Å². The minimum atomic E-state index is -4.43. The van der Waals surface area contributed by atoms with E-state index in [0.717, 1.165) is 17.7 Å². The van der Waals surface area contributed by atoms with Crippen molar-refractivity contribution in [2.24, 2.45) is 0 Å². The summed E-state index contributed by atoms with van der Waals surface area (Å²) in [5.74, 6) is -0.373. The Morgan fingerprint density at radius 1 is 1.04 bits per heavy atom. The molecule has 0 aliphatic rings. The van der Waals surface area contributed by atoms with Crippen LogP contribution in [0.15, 0.2) is 48.8 Å². The highest BCUT2D eigenvalue weighted by Gasteiger charge is 2.30. The van der Waals surface area contributed by atoms with E-state index in [1.807, 2.05) is 0 Å². The fourth-order valence-corrected chi connectivity index (χ4v) is 2.13. The second-order valence-electron chi connectivity index (χ2n) is 5.26. The summed E-state index contributed by atoms with van der Waals surface area (Å²) in [6.07, 6.45) is -1.16. The van der Waals surface area contributed by atoms with Crippen molar-refractivity contribution >= 4 is 17.4 Å². The van der Waals surface area contributed by atoms with Gasteiger partial charge in [0.05, 0.1) is 5.56 Å². The first kappa shape index (κ1) is 17.4. The molecule has 3 rings (SSSR count). The predicted octanol–water partition coefficient (Wildman–Crippen LogP) is 3.08. The summed E-state index contributed by atoms with van der Waals surface area (Å²) in [4.78, 5) is 16.2. The van der Waals surface area contributed by atoms with Crippen molar-refractivity contribution in [3.8, 4) is 0 Å². The first-order chi connectivity index (χ1) is 12.4. The fraction of sp³-hybridized carbons (Fsp3) is 0.125. The lowest BCUT2D eigenvalue weighted by atomic mass is 10.2. The second kappa shape index (κ2) is 7.21. The molecule has 2 aromatic heterocycles. The van der Waals surface area contributed by atoms with Crippen LogP contribution in [0, 0.1) is 0 Å². The van der Waals surface area contributed by atoms with Crippen LogP contribution < -0.4 is 10.6 Å². The molecule has 1 aromatic carbocycles. The van der Waals surface area contributed by atoms with Crippen molar-refractivity contribution in [3.63, 3.8) is 0 Å². The largest absolute Gasteiger partial charge is 0.416 e. The molecule has 0 radical (unpaired) electrons. The number of halogens is 3. The molecule has 0 unspecified atom stereocenters. The van der Waals surface area contributed by atoms with Gasteiger partial charge in [-0.3, -0.25) is 9.78 Å². The van der Waals surface area contributed by atoms with E-state index in [1.54, 1.807) is 24.5 Å². The number of amides is 1. The monoisotopic (exact) mass is 362 g/mol. The molecule has 0 aliphatic heterocycles. The summed E-state index contributed by atoms with van der Waals surface area (Å²) in [7, 11) is 0. The summed E-state index contributed by atoms with van der Waals surface area (Å²) in [6.45, 7) is 0.398. The van der Waals surface area contributed by atoms with Gasteiger partial charge in [-0.1, -0.05) is 0 Å². The van der Waals surface area contributed by atoms with Crippen LogP contribution in [0.25, 0.3) is 0 Å². The number of alkyl halides is 3. The maximum Gasteiger partial charge on any atom is 0.416 e. The Balaban J connectivity index is 1.66. The quantitative estimate of drug-likeness (QED) is 0.648. The van der Waals surface area contributed by atoms with E-state index < -0.39 is 17.6 Å². The highest BCUT2D eigenvalue weighted by atomic mass is 19.4. The third-order valence-electron chi connectivity index (χ3n) is 3.44. The van der Waals surface area contributed by atoms with Crippen molar-refractivity contribution in [1.29, 1.82) is 0 Å². The fourth-order valence-electron chi connectivity index (χ4n) is 2.13. The zero-order valence-corrected chi connectivity index (χ0v) is 13.2. The van der Waals surface area contributed by atoms with E-state index in [-0.39, 0.29) is 17.2 Å². The lowest BCUT2D eigenvalue weighted by molar-refractivity contribution is -0.137. The number of hydrogen-bond donors (Lipinski definition) is 3. The SMILES string of the molecule is O=C(Nc1ccc(C(F)(F)F)cc1)c1n[nH]nc1NCc1ccncc1. The van der Waals surface area contributed by atoms with Crippen molar-refractivity contribution in [2.75, 3.05) is 10.6 Å². The van der Waals surface area contributed by atoms with Gasteiger partial charge < -0.3 is 10.6 Å². The smallest absolute Gasteiger partial charge is 0.362 e. The molecule has 0 bridgehead atoms. The summed E-state index contributed by atoms with van der Waals surface area (Å²) in [5, 5.41) is 15.4. The van der Waals surface area contributed by atoms with Crippen LogP contribution in [0.3, 0.4) is 0 Å². The lowest BCUT2D eigenvalue weighted by Crippen LogP contribution is -2.15. The molecule has 0 aliphatic carbocycles. The Morgan fingerprint density at radius 3 is 2.38 bits per heavy atom. The number of nitrogens with one attached hydrogen (secondary N) is 3. The van der Waals surface area contributed by atoms with Crippen molar-refractivity contribution in [3.05, 3.63) is 65.6 Å². The maximum absolute atomic E-state index is 12.6. The molecule has 0 fully saturated rings. The number of pyridine rings is 1. The minimum Gasteiger partial charge on any atom is -0.362 e. The molecule has 0 saturated heterocycles. The number of aromatic amines is 1. The van der Waals surface area contributed by atoms with Gasteiger partial charge in [0.25, 0.3) is 5.91 Å². The van der Waals surface area contributed by atoms with Crippen LogP contribution in [0.4, 0.5) is 24.7 Å². The number of aromatic nitrogens is 4. The molecule has 10 heteroatoms. The zero-order chi connectivity index (χ0) is 18.6. The summed E-state index contributed by atoms with van der Waals surface area (Å²) >= 11 is 0. The van der Waals surface area contributed by atoms with Gasteiger partial charge in [-0.05, 0) is 42.0 Å². The zero-order valence-electron chi connectivity index (χ0n) is 13.2. The third-order valence-corrected chi connectivity index (χ3v) is 3.44. The number of carbonyl (C=O) groups is 1. The molecule has 7 nitrogen and oxygen atoms in total. The summed E-state index contributed by atoms with van der Waals surface area (Å²) in [5.41, 5.74) is 0.346. The summed E-state index contributed by atoms with van der Waals surface area (Å²) in [6, 6.07) is 7.72. The van der Waals surface area contributed by atoms with Gasteiger partial charge in [0, 0.05) is 24.6 Å². The number of anilines is 2. The Bertz CT molecular complexity index is 877. The van der Waals surface area contributed by atoms with Gasteiger partial charge >= 0.3 is 6.18 Å². The van der Waals surface area contributed by atoms with Crippen molar-refractivity contribution in [2.45, 2.75) is 12.7 Å². The first-order valence-corrected chi connectivity index (χ1v) is 7.45. The maximum atomic E-state index is 12.6. The van der Waals surface area contributed by atoms with E-state index in [2.05, 4.69) is 31.0 Å². The van der Waals surface area contributed by atoms with Gasteiger partial charge in [-0.25, -0.2) is 0 Å². The van der Waals surface area contributed by atoms with E-state index in [9.17, 15) is 18.0 Å². The number of carbonyl (C=O) groups excluding carboxylic acids is 1. The average Bonchev–Trinajstić information content (AvgIpc) is 3.09. The van der Waals surface area contributed by atoms with Gasteiger partial charge in [0.15, 0.2) is 11.5 Å². The normalized spacial score (nSPS) is 11.2. The van der Waals surface area contributed by atoms with Crippen molar-refractivity contribution < 1.29 is 18.0 Å². The molecule has 2 heterocycles. The lowest BCUT2D eigenvalue weighted by Gasteiger charge is -2.09. The van der Waals surface area contributed by atoms with Crippen molar-refractivity contribution in [1.82, 2.24) is 20.4 Å². The predicted molar refractivity (Wildman–Crippen MR) is 87.3 cm³/mol. The molecule has 0 spiro atoms. The summed E-state index contributed by atoms with van der Waals surface area (Å²) < 4.78 is 37.7. The van der Waals surface area contributed by atoms with Gasteiger partial charge in [0.1, 0.15) is 0 Å². The number of nitrogens with zero attached hydrogens (tertiary/aromatic N) is 3. The standard InChI is InChI=1S/C16H13F3N6O/c17-16(18,19)11-1-3-12(4-2-11)22-15(26)13-14(24-25-23-13)21-9-10-5-7-20-8-6-10/h1-8H,9H2,(H,22,26)(H2,21,23,24,25). The first-order valence-electron chi connectivity index (χ1n) is 7.45. The molecule has 0 saturated carbocycles. The van der Waals surface area contributed by atoms with E-state index >= 15 is 0 Å². The van der Waals surface area contributed by atoms with Crippen LogP contribution in [0.2, 0.25) is 0 Å². The molecular formula is C16H13F3N6O. The number of rotatable bonds is 5. The van der Waals surface area contributed by atoms with Crippen LogP contribution >= 0.6 is 0 Å². The van der Waals surface area contributed by atoms with Crippen LogP contribution in [-0.4, -0.2) is 26.3 Å². The van der Waals surface area contributed by atoms with Crippen LogP contribution in [0.1, 0.15) is 21.6 Å². The molecular weight excluding hydrogens is 349 g/mol. The Labute approximate surface area is 145 Å².